The Hall–Kier alpha value is -2.48. The molecule has 1 heterocycles. The van der Waals surface area contributed by atoms with Gasteiger partial charge in [0.15, 0.2) is 18.1 Å². The predicted octanol–water partition coefficient (Wildman–Crippen LogP) is 2.27. The molecule has 25 heavy (non-hydrogen) atoms. The first kappa shape index (κ1) is 18.9. The van der Waals surface area contributed by atoms with Crippen LogP contribution in [0.4, 0.5) is 4.79 Å². The van der Waals surface area contributed by atoms with Gasteiger partial charge in [0.2, 0.25) is 0 Å². The molecule has 9 heteroatoms. The molecule has 0 aliphatic carbocycles. The van der Waals surface area contributed by atoms with E-state index in [9.17, 15) is 14.4 Å². The lowest BCUT2D eigenvalue weighted by molar-refractivity contribution is -0.131. The number of hydrogen-bond acceptors (Lipinski definition) is 7. The largest absolute Gasteiger partial charge is 0.493 e. The molecular weight excluding hydrogens is 354 g/mol. The topological polar surface area (TPSA) is 91.4 Å². The van der Waals surface area contributed by atoms with Crippen molar-refractivity contribution in [2.24, 2.45) is 0 Å². The van der Waals surface area contributed by atoms with Gasteiger partial charge < -0.3 is 18.9 Å². The van der Waals surface area contributed by atoms with Gasteiger partial charge in [-0.2, -0.15) is 0 Å². The van der Waals surface area contributed by atoms with Gasteiger partial charge in [0.25, 0.3) is 5.91 Å². The minimum absolute atomic E-state index is 0.0924. The zero-order valence-corrected chi connectivity index (χ0v) is 14.8. The highest BCUT2D eigenvalue weighted by atomic mass is 35.5. The summed E-state index contributed by atoms with van der Waals surface area (Å²) in [6.07, 6.45) is -0.886. The van der Waals surface area contributed by atoms with Gasteiger partial charge in [-0.15, -0.1) is 0 Å². The number of hydrogen-bond donors (Lipinski definition) is 0. The van der Waals surface area contributed by atoms with Crippen LogP contribution in [-0.4, -0.2) is 55.8 Å². The van der Waals surface area contributed by atoms with E-state index < -0.39 is 24.6 Å². The van der Waals surface area contributed by atoms with Crippen molar-refractivity contribution in [3.05, 3.63) is 22.7 Å². The SMILES string of the molecule is COc1cc(C(=O)OCC(=O)N2CCOC2=O)cc(Cl)c1OC(C)C. The van der Waals surface area contributed by atoms with Crippen LogP contribution >= 0.6 is 11.6 Å². The summed E-state index contributed by atoms with van der Waals surface area (Å²) in [7, 11) is 1.41. The standard InChI is InChI=1S/C16H18ClNO7/c1-9(2)25-14-11(17)6-10(7-12(14)22-3)15(20)24-8-13(19)18-4-5-23-16(18)21/h6-7,9H,4-5,8H2,1-3H3. The quantitative estimate of drug-likeness (QED) is 0.708. The molecule has 1 fully saturated rings. The molecule has 2 rings (SSSR count). The van der Waals surface area contributed by atoms with Crippen molar-refractivity contribution in [2.75, 3.05) is 26.9 Å². The third kappa shape index (κ3) is 4.54. The molecule has 0 spiro atoms. The van der Waals surface area contributed by atoms with E-state index in [1.54, 1.807) is 0 Å². The summed E-state index contributed by atoms with van der Waals surface area (Å²) >= 11 is 6.14. The first-order valence-corrected chi connectivity index (χ1v) is 7.89. The van der Waals surface area contributed by atoms with E-state index in [1.807, 2.05) is 13.8 Å². The lowest BCUT2D eigenvalue weighted by Gasteiger charge is -2.16. The Bertz CT molecular complexity index is 689. The third-order valence-corrected chi connectivity index (χ3v) is 3.49. The number of esters is 1. The number of methoxy groups -OCH3 is 1. The average Bonchev–Trinajstić information content (AvgIpc) is 2.99. The average molecular weight is 372 g/mol. The van der Waals surface area contributed by atoms with Crippen molar-refractivity contribution >= 4 is 29.6 Å². The molecule has 0 saturated carbocycles. The molecule has 1 aromatic carbocycles. The predicted molar refractivity (Wildman–Crippen MR) is 87.1 cm³/mol. The smallest absolute Gasteiger partial charge is 0.416 e. The van der Waals surface area contributed by atoms with Gasteiger partial charge in [0, 0.05) is 0 Å². The molecule has 1 aromatic rings. The van der Waals surface area contributed by atoms with Crippen LogP contribution in [0.1, 0.15) is 24.2 Å². The molecule has 1 aliphatic heterocycles. The zero-order valence-electron chi connectivity index (χ0n) is 14.0. The Balaban J connectivity index is 2.07. The number of ether oxygens (including phenoxy) is 4. The van der Waals surface area contributed by atoms with Crippen molar-refractivity contribution in [3.63, 3.8) is 0 Å². The van der Waals surface area contributed by atoms with Gasteiger partial charge >= 0.3 is 12.1 Å². The van der Waals surface area contributed by atoms with Crippen LogP contribution in [0.25, 0.3) is 0 Å². The van der Waals surface area contributed by atoms with Crippen LogP contribution in [0.5, 0.6) is 11.5 Å². The molecule has 136 valence electrons. The van der Waals surface area contributed by atoms with Gasteiger partial charge in [0.1, 0.15) is 6.61 Å². The van der Waals surface area contributed by atoms with Gasteiger partial charge in [0.05, 0.1) is 30.3 Å². The lowest BCUT2D eigenvalue weighted by atomic mass is 10.2. The van der Waals surface area contributed by atoms with E-state index >= 15 is 0 Å². The number of nitrogens with zero attached hydrogens (tertiary/aromatic N) is 1. The Kier molecular flexibility index (Phi) is 6.08. The molecule has 8 nitrogen and oxygen atoms in total. The van der Waals surface area contributed by atoms with E-state index in [2.05, 4.69) is 4.74 Å². The zero-order chi connectivity index (χ0) is 18.6. The molecule has 0 N–H and O–H groups in total. The summed E-state index contributed by atoms with van der Waals surface area (Å²) < 4.78 is 20.3. The minimum atomic E-state index is -0.780. The lowest BCUT2D eigenvalue weighted by Crippen LogP contribution is -2.35. The van der Waals surface area contributed by atoms with Crippen molar-refractivity contribution in [3.8, 4) is 11.5 Å². The number of halogens is 1. The number of carbonyl (C=O) groups excluding carboxylic acids is 3. The van der Waals surface area contributed by atoms with Crippen molar-refractivity contribution in [1.82, 2.24) is 4.90 Å². The molecule has 0 aromatic heterocycles. The minimum Gasteiger partial charge on any atom is -0.493 e. The van der Waals surface area contributed by atoms with Gasteiger partial charge in [-0.05, 0) is 26.0 Å². The van der Waals surface area contributed by atoms with Gasteiger partial charge in [-0.25, -0.2) is 14.5 Å². The molecule has 1 aliphatic rings. The van der Waals surface area contributed by atoms with E-state index in [-0.39, 0.29) is 35.6 Å². The first-order chi connectivity index (χ1) is 11.8. The number of rotatable bonds is 6. The monoisotopic (exact) mass is 371 g/mol. The van der Waals surface area contributed by atoms with Crippen LogP contribution in [0.2, 0.25) is 5.02 Å². The molecule has 2 amide bonds. The highest BCUT2D eigenvalue weighted by Crippen LogP contribution is 2.37. The van der Waals surface area contributed by atoms with E-state index in [1.165, 1.54) is 19.2 Å². The van der Waals surface area contributed by atoms with Crippen LogP contribution in [0, 0.1) is 0 Å². The van der Waals surface area contributed by atoms with E-state index in [4.69, 9.17) is 25.8 Å². The summed E-state index contributed by atoms with van der Waals surface area (Å²) in [5, 5.41) is 0.175. The highest BCUT2D eigenvalue weighted by molar-refractivity contribution is 6.32. The molecule has 1 saturated heterocycles. The summed E-state index contributed by atoms with van der Waals surface area (Å²) in [5.41, 5.74) is 0.0924. The molecule has 0 unspecified atom stereocenters. The Labute approximate surface area is 149 Å². The van der Waals surface area contributed by atoms with E-state index in [0.717, 1.165) is 4.90 Å². The van der Waals surface area contributed by atoms with Crippen LogP contribution in [-0.2, 0) is 14.3 Å². The Morgan fingerprint density at radius 1 is 1.36 bits per heavy atom. The molecule has 0 bridgehead atoms. The second-order valence-electron chi connectivity index (χ2n) is 5.39. The second kappa shape index (κ2) is 8.06. The maximum Gasteiger partial charge on any atom is 0.416 e. The fraction of sp³-hybridized carbons (Fsp3) is 0.438. The first-order valence-electron chi connectivity index (χ1n) is 7.52. The molecule has 0 atom stereocenters. The Morgan fingerprint density at radius 3 is 2.64 bits per heavy atom. The third-order valence-electron chi connectivity index (χ3n) is 3.21. The van der Waals surface area contributed by atoms with Crippen molar-refractivity contribution in [2.45, 2.75) is 20.0 Å². The second-order valence-corrected chi connectivity index (χ2v) is 5.80. The summed E-state index contributed by atoms with van der Waals surface area (Å²) in [6.45, 7) is 3.33. The van der Waals surface area contributed by atoms with Gasteiger partial charge in [-0.1, -0.05) is 11.6 Å². The van der Waals surface area contributed by atoms with Crippen LogP contribution in [0.3, 0.4) is 0 Å². The van der Waals surface area contributed by atoms with E-state index in [0.29, 0.717) is 5.75 Å². The maximum atomic E-state index is 12.1. The maximum absolute atomic E-state index is 12.1. The molecular formula is C16H18ClNO7. The highest BCUT2D eigenvalue weighted by Gasteiger charge is 2.29. The number of imide groups is 1. The number of benzene rings is 1. The number of amides is 2. The Morgan fingerprint density at radius 2 is 2.08 bits per heavy atom. The summed E-state index contributed by atoms with van der Waals surface area (Å²) in [4.78, 5) is 36.1. The summed E-state index contributed by atoms with van der Waals surface area (Å²) in [5.74, 6) is -0.861. The molecule has 0 radical (unpaired) electrons. The normalized spacial score (nSPS) is 13.6. The van der Waals surface area contributed by atoms with Crippen LogP contribution in [0.15, 0.2) is 12.1 Å². The van der Waals surface area contributed by atoms with Gasteiger partial charge in [-0.3, -0.25) is 4.79 Å². The number of carbonyl (C=O) groups is 3. The number of cyclic esters (lactones) is 1. The fourth-order valence-electron chi connectivity index (χ4n) is 2.10. The van der Waals surface area contributed by atoms with Crippen molar-refractivity contribution < 1.29 is 33.3 Å². The van der Waals surface area contributed by atoms with Crippen molar-refractivity contribution in [1.29, 1.82) is 0 Å². The van der Waals surface area contributed by atoms with Crippen LogP contribution < -0.4 is 9.47 Å². The summed E-state index contributed by atoms with van der Waals surface area (Å²) in [6, 6.07) is 2.76. The fourth-order valence-corrected chi connectivity index (χ4v) is 2.35.